The van der Waals surface area contributed by atoms with Crippen molar-refractivity contribution in [3.8, 4) is 6.07 Å². The molecule has 0 bridgehead atoms. The second-order valence-electron chi connectivity index (χ2n) is 8.76. The Bertz CT molecular complexity index is 1010. The third kappa shape index (κ3) is 4.74. The number of unbranched alkanes of at least 4 members (excludes halogenated alkanes) is 1. The van der Waals surface area contributed by atoms with Crippen LogP contribution >= 0.6 is 0 Å². The van der Waals surface area contributed by atoms with Gasteiger partial charge in [0.25, 0.3) is 0 Å². The van der Waals surface area contributed by atoms with E-state index in [1.165, 1.54) is 0 Å². The van der Waals surface area contributed by atoms with E-state index >= 15 is 0 Å². The molecule has 32 heavy (non-hydrogen) atoms. The van der Waals surface area contributed by atoms with Crippen LogP contribution in [0.3, 0.4) is 0 Å². The molecule has 0 saturated carbocycles. The number of aryl methyl sites for hydroxylation is 1. The van der Waals surface area contributed by atoms with Gasteiger partial charge in [0.2, 0.25) is 5.91 Å². The highest BCUT2D eigenvalue weighted by Crippen LogP contribution is 2.28. The maximum Gasteiger partial charge on any atom is 0.410 e. The summed E-state index contributed by atoms with van der Waals surface area (Å²) in [5.41, 5.74) is 1.40. The van der Waals surface area contributed by atoms with E-state index in [1.54, 1.807) is 11.0 Å². The second kappa shape index (κ2) is 10.1. The number of benzene rings is 1. The summed E-state index contributed by atoms with van der Waals surface area (Å²) >= 11 is 0. The van der Waals surface area contributed by atoms with Crippen LogP contribution in [0.15, 0.2) is 28.7 Å². The fourth-order valence-corrected chi connectivity index (χ4v) is 4.85. The molecule has 2 fully saturated rings. The molecule has 1 aromatic carbocycles. The van der Waals surface area contributed by atoms with Gasteiger partial charge in [0.1, 0.15) is 17.4 Å². The maximum atomic E-state index is 13.3. The van der Waals surface area contributed by atoms with Crippen molar-refractivity contribution in [3.63, 3.8) is 0 Å². The van der Waals surface area contributed by atoms with E-state index in [1.807, 2.05) is 23.1 Å². The highest BCUT2D eigenvalue weighted by Gasteiger charge is 2.40. The number of ether oxygens (including phenoxy) is 1. The molecule has 170 valence electrons. The van der Waals surface area contributed by atoms with Crippen LogP contribution in [0.5, 0.6) is 0 Å². The molecule has 2 amide bonds. The Balaban J connectivity index is 1.37. The van der Waals surface area contributed by atoms with E-state index < -0.39 is 6.04 Å². The summed E-state index contributed by atoms with van der Waals surface area (Å²) < 4.78 is 11.3. The van der Waals surface area contributed by atoms with Crippen molar-refractivity contribution < 1.29 is 18.7 Å². The molecular formula is C25H31N3O4. The van der Waals surface area contributed by atoms with E-state index in [9.17, 15) is 9.59 Å². The first-order valence-corrected chi connectivity index (χ1v) is 11.8. The quantitative estimate of drug-likeness (QED) is 0.590. The van der Waals surface area contributed by atoms with Crippen LogP contribution in [0, 0.1) is 11.3 Å². The standard InChI is InChI=1S/C25H31N3O4/c1-2-3-14-31-25(30)28-13-5-7-22(28)24(29)27-12-4-6-20(27)9-10-21-16-19-15-18(17-26)8-11-23(19)32-21/h8,11,15-16,20,22H,2-7,9-10,12-14H2,1H3/t20-,22+/m0/s1. The molecule has 0 radical (unpaired) electrons. The molecule has 2 saturated heterocycles. The van der Waals surface area contributed by atoms with Gasteiger partial charge in [-0.1, -0.05) is 13.3 Å². The Morgan fingerprint density at radius 3 is 2.81 bits per heavy atom. The summed E-state index contributed by atoms with van der Waals surface area (Å²) in [4.78, 5) is 29.4. The van der Waals surface area contributed by atoms with Gasteiger partial charge in [-0.25, -0.2) is 4.79 Å². The molecule has 0 spiro atoms. The maximum absolute atomic E-state index is 13.3. The van der Waals surface area contributed by atoms with Crippen LogP contribution < -0.4 is 0 Å². The smallest absolute Gasteiger partial charge is 0.410 e. The van der Waals surface area contributed by atoms with Crippen molar-refractivity contribution in [1.29, 1.82) is 5.26 Å². The zero-order chi connectivity index (χ0) is 22.5. The van der Waals surface area contributed by atoms with Crippen LogP contribution in [0.2, 0.25) is 0 Å². The van der Waals surface area contributed by atoms with Crippen LogP contribution in [-0.4, -0.2) is 53.6 Å². The number of hydrogen-bond acceptors (Lipinski definition) is 5. The van der Waals surface area contributed by atoms with Gasteiger partial charge < -0.3 is 14.1 Å². The van der Waals surface area contributed by atoms with Crippen molar-refractivity contribution >= 4 is 23.0 Å². The first-order chi connectivity index (χ1) is 15.6. The first-order valence-electron chi connectivity index (χ1n) is 11.8. The number of nitrogens with zero attached hydrogens (tertiary/aromatic N) is 3. The van der Waals surface area contributed by atoms with E-state index in [0.717, 1.165) is 68.2 Å². The summed E-state index contributed by atoms with van der Waals surface area (Å²) in [5, 5.41) is 10.0. The highest BCUT2D eigenvalue weighted by molar-refractivity contribution is 5.86. The molecule has 3 heterocycles. The molecule has 1 aromatic heterocycles. The SMILES string of the molecule is CCCCOC(=O)N1CCC[C@@H]1C(=O)N1CCC[C@H]1CCc1cc2cc(C#N)ccc2o1. The number of carbonyl (C=O) groups is 2. The number of hydrogen-bond donors (Lipinski definition) is 0. The molecule has 2 atom stereocenters. The van der Waals surface area contributed by atoms with Crippen molar-refractivity contribution in [2.45, 2.75) is 70.4 Å². The molecule has 2 aliphatic rings. The van der Waals surface area contributed by atoms with E-state index in [2.05, 4.69) is 13.0 Å². The Labute approximate surface area is 188 Å². The molecule has 0 unspecified atom stereocenters. The monoisotopic (exact) mass is 437 g/mol. The summed E-state index contributed by atoms with van der Waals surface area (Å²) in [6, 6.07) is 9.32. The third-order valence-electron chi connectivity index (χ3n) is 6.58. The molecule has 7 heteroatoms. The minimum atomic E-state index is -0.402. The summed E-state index contributed by atoms with van der Waals surface area (Å²) in [6.07, 6.45) is 6.50. The van der Waals surface area contributed by atoms with E-state index in [-0.39, 0.29) is 18.0 Å². The number of fused-ring (bicyclic) bond motifs is 1. The lowest BCUT2D eigenvalue weighted by atomic mass is 10.1. The van der Waals surface area contributed by atoms with Crippen LogP contribution in [-0.2, 0) is 16.0 Å². The zero-order valence-electron chi connectivity index (χ0n) is 18.7. The van der Waals surface area contributed by atoms with Gasteiger partial charge >= 0.3 is 6.09 Å². The summed E-state index contributed by atoms with van der Waals surface area (Å²) in [6.45, 7) is 3.79. The third-order valence-corrected chi connectivity index (χ3v) is 6.58. The van der Waals surface area contributed by atoms with Gasteiger partial charge in [-0.05, 0) is 62.8 Å². The predicted molar refractivity (Wildman–Crippen MR) is 120 cm³/mol. The molecule has 2 aliphatic heterocycles. The van der Waals surface area contributed by atoms with Crippen molar-refractivity contribution in [2.75, 3.05) is 19.7 Å². The van der Waals surface area contributed by atoms with Crippen molar-refractivity contribution in [3.05, 3.63) is 35.6 Å². The number of furan rings is 1. The first kappa shape index (κ1) is 22.2. The van der Waals surface area contributed by atoms with Crippen LogP contribution in [0.1, 0.15) is 63.2 Å². The normalized spacial score (nSPS) is 20.6. The lowest BCUT2D eigenvalue weighted by Crippen LogP contribution is -2.49. The van der Waals surface area contributed by atoms with Gasteiger partial charge in [-0.15, -0.1) is 0 Å². The van der Waals surface area contributed by atoms with Gasteiger partial charge in [-0.2, -0.15) is 5.26 Å². The minimum absolute atomic E-state index is 0.0562. The zero-order valence-corrected chi connectivity index (χ0v) is 18.7. The topological polar surface area (TPSA) is 86.8 Å². The largest absolute Gasteiger partial charge is 0.461 e. The number of nitriles is 1. The fraction of sp³-hybridized carbons (Fsp3) is 0.560. The van der Waals surface area contributed by atoms with Gasteiger partial charge in [0, 0.05) is 30.9 Å². The molecule has 7 nitrogen and oxygen atoms in total. The molecule has 2 aromatic rings. The Morgan fingerprint density at radius 1 is 1.19 bits per heavy atom. The molecule has 4 rings (SSSR count). The Hall–Kier alpha value is -3.01. The number of rotatable bonds is 7. The lowest BCUT2D eigenvalue weighted by Gasteiger charge is -2.31. The number of likely N-dealkylation sites (tertiary alicyclic amines) is 2. The average Bonchev–Trinajstić information content (AvgIpc) is 3.55. The number of amides is 2. The molecule has 0 N–H and O–H groups in total. The molecular weight excluding hydrogens is 406 g/mol. The fourth-order valence-electron chi connectivity index (χ4n) is 4.85. The molecule has 0 aliphatic carbocycles. The van der Waals surface area contributed by atoms with E-state index in [4.69, 9.17) is 14.4 Å². The predicted octanol–water partition coefficient (Wildman–Crippen LogP) is 4.63. The second-order valence-corrected chi connectivity index (χ2v) is 8.76. The van der Waals surface area contributed by atoms with Crippen molar-refractivity contribution in [1.82, 2.24) is 9.80 Å². The number of carbonyl (C=O) groups excluding carboxylic acids is 2. The van der Waals surface area contributed by atoms with Gasteiger partial charge in [0.05, 0.1) is 18.2 Å². The summed E-state index contributed by atoms with van der Waals surface area (Å²) in [7, 11) is 0. The summed E-state index contributed by atoms with van der Waals surface area (Å²) in [5.74, 6) is 0.928. The van der Waals surface area contributed by atoms with Crippen molar-refractivity contribution in [2.24, 2.45) is 0 Å². The minimum Gasteiger partial charge on any atom is -0.461 e. The van der Waals surface area contributed by atoms with Crippen LogP contribution in [0.4, 0.5) is 4.79 Å². The Morgan fingerprint density at radius 2 is 2.00 bits per heavy atom. The van der Waals surface area contributed by atoms with Gasteiger partial charge in [0.15, 0.2) is 0 Å². The average molecular weight is 438 g/mol. The Kier molecular flexibility index (Phi) is 6.99. The van der Waals surface area contributed by atoms with Crippen LogP contribution in [0.25, 0.3) is 11.0 Å². The lowest BCUT2D eigenvalue weighted by molar-refractivity contribution is -0.136. The highest BCUT2D eigenvalue weighted by atomic mass is 16.6. The van der Waals surface area contributed by atoms with Gasteiger partial charge in [-0.3, -0.25) is 9.69 Å². The van der Waals surface area contributed by atoms with E-state index in [0.29, 0.717) is 25.1 Å².